The van der Waals surface area contributed by atoms with Gasteiger partial charge in [0.1, 0.15) is 11.5 Å². The van der Waals surface area contributed by atoms with Crippen molar-refractivity contribution in [2.24, 2.45) is 9.98 Å². The molecule has 0 saturated heterocycles. The van der Waals surface area contributed by atoms with Gasteiger partial charge < -0.3 is 65.7 Å². The van der Waals surface area contributed by atoms with E-state index in [0.29, 0.717) is 48.9 Å². The molecule has 0 aromatic heterocycles. The SMILES string of the molecule is CCOc1cccc(C=NCCN=Cc2cccc(OCC)c2[O-])c1[O-].O=[N+]([O-])[O-].O=[N+]([O-])[O-].O=[N+]([O-])[O-].[Cu+2].[Ho+3]. The summed E-state index contributed by atoms with van der Waals surface area (Å²) >= 11 is 0. The van der Waals surface area contributed by atoms with Crippen LogP contribution in [0, 0.1) is 83.7 Å². The molecule has 0 saturated carbocycles. The zero-order chi connectivity index (χ0) is 29.5. The molecule has 0 aliphatic carbocycles. The van der Waals surface area contributed by atoms with Crippen molar-refractivity contribution in [3.8, 4) is 23.0 Å². The molecule has 0 bridgehead atoms. The fourth-order valence-corrected chi connectivity index (χ4v) is 2.25. The van der Waals surface area contributed by atoms with Crippen LogP contribution in [0.1, 0.15) is 25.0 Å². The monoisotopic (exact) mass is 768 g/mol. The van der Waals surface area contributed by atoms with Crippen LogP contribution in [0.15, 0.2) is 46.4 Å². The summed E-state index contributed by atoms with van der Waals surface area (Å²) in [6.07, 6.45) is 3.05. The van der Waals surface area contributed by atoms with Crippen LogP contribution in [0.2, 0.25) is 0 Å². The largest absolute Gasteiger partial charge is 3.00 e. The third kappa shape index (κ3) is 24.7. The van der Waals surface area contributed by atoms with Gasteiger partial charge in [-0.1, -0.05) is 35.8 Å². The van der Waals surface area contributed by atoms with Gasteiger partial charge in [0.15, 0.2) is 0 Å². The first-order chi connectivity index (χ1) is 17.9. The Labute approximate surface area is 267 Å². The van der Waals surface area contributed by atoms with E-state index in [1.807, 2.05) is 13.8 Å². The molecule has 18 nitrogen and oxygen atoms in total. The second-order valence-corrected chi connectivity index (χ2v) is 5.96. The summed E-state index contributed by atoms with van der Waals surface area (Å²) in [5.74, 6) is 0.300. The molecule has 0 aliphatic heterocycles. The zero-order valence-electron chi connectivity index (χ0n) is 20.6. The smallest absolute Gasteiger partial charge is 0.870 e. The van der Waals surface area contributed by atoms with Gasteiger partial charge in [0.2, 0.25) is 0 Å². The third-order valence-corrected chi connectivity index (χ3v) is 3.44. The zero-order valence-corrected chi connectivity index (χ0v) is 23.5. The number of ether oxygens (including phenoxy) is 2. The molecule has 0 atom stereocenters. The van der Waals surface area contributed by atoms with Gasteiger partial charge >= 0.3 is 54.8 Å². The van der Waals surface area contributed by atoms with Gasteiger partial charge in [-0.15, -0.1) is 0 Å². The van der Waals surface area contributed by atoms with Crippen molar-refractivity contribution < 1.29 is 89.8 Å². The first kappa shape index (κ1) is 43.4. The van der Waals surface area contributed by atoms with Gasteiger partial charge in [-0.25, -0.2) is 0 Å². The maximum absolute atomic E-state index is 12.1. The molecule has 227 valence electrons. The minimum Gasteiger partial charge on any atom is -0.870 e. The molecule has 2 rings (SSSR count). The summed E-state index contributed by atoms with van der Waals surface area (Å²) in [5.41, 5.74) is 0.956. The number of benzene rings is 2. The van der Waals surface area contributed by atoms with Gasteiger partial charge in [0.25, 0.3) is 0 Å². The van der Waals surface area contributed by atoms with Crippen molar-refractivity contribution >= 4 is 12.4 Å². The second kappa shape index (κ2) is 26.9. The number of rotatable bonds is 9. The number of nitrogens with zero attached hydrogens (tertiary/aromatic N) is 5. The summed E-state index contributed by atoms with van der Waals surface area (Å²) < 4.78 is 10.5. The summed E-state index contributed by atoms with van der Waals surface area (Å²) in [5, 5.41) is 68.4. The molecule has 1 radical (unpaired) electrons. The van der Waals surface area contributed by atoms with E-state index in [1.54, 1.807) is 36.4 Å². The average Bonchev–Trinajstić information content (AvgIpc) is 2.80. The van der Waals surface area contributed by atoms with Gasteiger partial charge in [-0.3, -0.25) is 9.98 Å². The molecule has 40 heavy (non-hydrogen) atoms. The molecule has 0 amide bonds. The van der Waals surface area contributed by atoms with Crippen molar-refractivity contribution in [1.29, 1.82) is 0 Å². The molecule has 0 spiro atoms. The molecule has 2 aromatic carbocycles. The topological polar surface area (TPSA) is 288 Å². The molecule has 0 heterocycles. The molecular formula is C20H22CuHoN5O13. The fraction of sp³-hybridized carbons (Fsp3) is 0.300. The van der Waals surface area contributed by atoms with Crippen LogP contribution in [0.5, 0.6) is 23.0 Å². The fourth-order valence-electron chi connectivity index (χ4n) is 2.25. The van der Waals surface area contributed by atoms with Crippen LogP contribution >= 0.6 is 0 Å². The maximum Gasteiger partial charge on any atom is 3.00 e. The van der Waals surface area contributed by atoms with Crippen molar-refractivity contribution in [3.63, 3.8) is 0 Å². The predicted octanol–water partition coefficient (Wildman–Crippen LogP) is 1.45. The quantitative estimate of drug-likeness (QED) is 0.115. The summed E-state index contributed by atoms with van der Waals surface area (Å²) in [6.45, 7) is 5.36. The molecule has 0 unspecified atom stereocenters. The Balaban J connectivity index is -0.000000392. The third-order valence-electron chi connectivity index (χ3n) is 3.44. The predicted molar refractivity (Wildman–Crippen MR) is 130 cm³/mol. The minimum absolute atomic E-state index is 0. The van der Waals surface area contributed by atoms with E-state index in [9.17, 15) is 10.2 Å². The Morgan fingerprint density at radius 3 is 1.20 bits per heavy atom. The Morgan fingerprint density at radius 2 is 0.950 bits per heavy atom. The van der Waals surface area contributed by atoms with E-state index in [0.717, 1.165) is 0 Å². The molecule has 0 fully saturated rings. The molecular weight excluding hydrogens is 747 g/mol. The number of aliphatic imine (C=N–C) groups is 2. The second-order valence-electron chi connectivity index (χ2n) is 5.96. The van der Waals surface area contributed by atoms with Crippen molar-refractivity contribution in [1.82, 2.24) is 0 Å². The summed E-state index contributed by atoms with van der Waals surface area (Å²) in [4.78, 5) is 33.2. The first-order valence-corrected chi connectivity index (χ1v) is 10.2. The van der Waals surface area contributed by atoms with E-state index in [-0.39, 0.29) is 66.3 Å². The van der Waals surface area contributed by atoms with E-state index in [4.69, 9.17) is 55.4 Å². The summed E-state index contributed by atoms with van der Waals surface area (Å²) in [7, 11) is 0. The van der Waals surface area contributed by atoms with Crippen LogP contribution in [0.25, 0.3) is 0 Å². The van der Waals surface area contributed by atoms with Crippen molar-refractivity contribution in [2.75, 3.05) is 26.3 Å². The molecule has 2 aromatic rings. The Hall–Kier alpha value is -3.64. The van der Waals surface area contributed by atoms with Crippen LogP contribution in [-0.4, -0.2) is 54.0 Å². The number of hydrogen-bond donors (Lipinski definition) is 0. The normalized spacial score (nSPS) is 9.15. The standard InChI is InChI=1S/C20H24N2O4.Cu.Ho.3NO3/c1-3-25-17-9-5-7-15(19(17)23)13-21-11-12-22-14-16-8-6-10-18(20(16)24)26-4-2;;;3*2-1(3)4/h5-10,13-14,23-24H,3-4,11-12H2,1-2H3;;;;;/q;+2;+3;3*-1/p-2. The van der Waals surface area contributed by atoms with Crippen LogP contribution in [0.3, 0.4) is 0 Å². The number of para-hydroxylation sites is 2. The summed E-state index contributed by atoms with van der Waals surface area (Å²) in [6, 6.07) is 10.2. The minimum atomic E-state index is -1.75. The molecule has 20 heteroatoms. The Bertz CT molecular complexity index is 971. The van der Waals surface area contributed by atoms with Crippen LogP contribution in [0.4, 0.5) is 0 Å². The Morgan fingerprint density at radius 1 is 0.675 bits per heavy atom. The van der Waals surface area contributed by atoms with Crippen molar-refractivity contribution in [3.05, 3.63) is 93.5 Å². The van der Waals surface area contributed by atoms with Gasteiger partial charge in [-0.2, -0.15) is 0 Å². The van der Waals surface area contributed by atoms with E-state index in [2.05, 4.69) is 9.98 Å². The van der Waals surface area contributed by atoms with Gasteiger partial charge in [0, 0.05) is 12.4 Å². The van der Waals surface area contributed by atoms with Crippen LogP contribution in [-0.2, 0) is 17.1 Å². The van der Waals surface area contributed by atoms with E-state index >= 15 is 0 Å². The Kier molecular flexibility index (Phi) is 29.2. The van der Waals surface area contributed by atoms with E-state index < -0.39 is 15.3 Å². The molecule has 0 N–H and O–H groups in total. The van der Waals surface area contributed by atoms with Gasteiger partial charge in [-0.05, 0) is 37.1 Å². The average molecular weight is 769 g/mol. The maximum atomic E-state index is 12.1. The van der Waals surface area contributed by atoms with Gasteiger partial charge in [0.05, 0.1) is 41.6 Å². The molecule has 0 aliphatic rings. The van der Waals surface area contributed by atoms with E-state index in [1.165, 1.54) is 12.4 Å². The van der Waals surface area contributed by atoms with Crippen molar-refractivity contribution in [2.45, 2.75) is 13.8 Å². The van der Waals surface area contributed by atoms with Crippen LogP contribution < -0.4 is 19.7 Å². The number of hydrogen-bond acceptors (Lipinski definition) is 15. The first-order valence-electron chi connectivity index (χ1n) is 10.2.